The number of carboxylic acid groups (broad SMARTS) is 1. The summed E-state index contributed by atoms with van der Waals surface area (Å²) in [5.74, 6) is 0. The Hall–Kier alpha value is -2.34. The third-order valence-electron chi connectivity index (χ3n) is 2.47. The summed E-state index contributed by atoms with van der Waals surface area (Å²) in [5, 5.41) is 10.7. The number of nitrogens with one attached hydrogen (secondary N) is 1. The molecule has 19 heavy (non-hydrogen) atoms. The van der Waals surface area contributed by atoms with E-state index in [1.165, 1.54) is 36.4 Å². The first-order chi connectivity index (χ1) is 9.00. The average molecular weight is 277 g/mol. The first-order valence-electron chi connectivity index (χ1n) is 5.40. The normalized spacial score (nSPS) is 10.9. The summed E-state index contributed by atoms with van der Waals surface area (Å²) in [5.41, 5.74) is 0.319. The second kappa shape index (κ2) is 5.11. The van der Waals surface area contributed by atoms with Crippen LogP contribution in [0.4, 0.5) is 10.5 Å². The Kier molecular flexibility index (Phi) is 3.52. The van der Waals surface area contributed by atoms with Crippen LogP contribution in [0.1, 0.15) is 0 Å². The molecule has 0 saturated carbocycles. The zero-order chi connectivity index (χ0) is 13.9. The zero-order valence-corrected chi connectivity index (χ0v) is 10.6. The molecule has 0 saturated heterocycles. The van der Waals surface area contributed by atoms with Gasteiger partial charge in [0.05, 0.1) is 9.79 Å². The number of amides is 1. The Morgan fingerprint density at radius 2 is 1.42 bits per heavy atom. The van der Waals surface area contributed by atoms with E-state index in [4.69, 9.17) is 5.11 Å². The van der Waals surface area contributed by atoms with Gasteiger partial charge in [0.15, 0.2) is 0 Å². The number of rotatable bonds is 3. The van der Waals surface area contributed by atoms with Gasteiger partial charge in [0, 0.05) is 5.69 Å². The van der Waals surface area contributed by atoms with Gasteiger partial charge in [0.25, 0.3) is 0 Å². The average Bonchev–Trinajstić information content (AvgIpc) is 2.40. The third-order valence-corrected chi connectivity index (χ3v) is 4.25. The highest BCUT2D eigenvalue weighted by molar-refractivity contribution is 7.91. The van der Waals surface area contributed by atoms with Gasteiger partial charge in [-0.3, -0.25) is 5.32 Å². The van der Waals surface area contributed by atoms with Crippen molar-refractivity contribution in [3.63, 3.8) is 0 Å². The van der Waals surface area contributed by atoms with Crippen LogP contribution in [0.5, 0.6) is 0 Å². The van der Waals surface area contributed by atoms with Crippen LogP contribution in [0, 0.1) is 0 Å². The predicted octanol–water partition coefficient (Wildman–Crippen LogP) is 2.61. The van der Waals surface area contributed by atoms with Gasteiger partial charge in [-0.25, -0.2) is 13.2 Å². The van der Waals surface area contributed by atoms with Crippen LogP contribution in [-0.4, -0.2) is 19.6 Å². The maximum atomic E-state index is 12.2. The van der Waals surface area contributed by atoms with Gasteiger partial charge in [-0.05, 0) is 36.4 Å². The summed E-state index contributed by atoms with van der Waals surface area (Å²) < 4.78 is 24.5. The molecule has 0 heterocycles. The fourth-order valence-electron chi connectivity index (χ4n) is 1.58. The van der Waals surface area contributed by atoms with Crippen LogP contribution in [0.25, 0.3) is 0 Å². The van der Waals surface area contributed by atoms with Crippen molar-refractivity contribution in [1.82, 2.24) is 0 Å². The van der Waals surface area contributed by atoms with Crippen molar-refractivity contribution in [2.45, 2.75) is 9.79 Å². The van der Waals surface area contributed by atoms with Gasteiger partial charge in [-0.2, -0.15) is 0 Å². The molecule has 0 aliphatic carbocycles. The van der Waals surface area contributed by atoms with E-state index >= 15 is 0 Å². The molecule has 0 bridgehead atoms. The van der Waals surface area contributed by atoms with E-state index in [9.17, 15) is 13.2 Å². The fraction of sp³-hybridized carbons (Fsp3) is 0. The summed E-state index contributed by atoms with van der Waals surface area (Å²) in [4.78, 5) is 10.8. The first-order valence-corrected chi connectivity index (χ1v) is 6.88. The van der Waals surface area contributed by atoms with Crippen molar-refractivity contribution in [3.8, 4) is 0 Å². The second-order valence-electron chi connectivity index (χ2n) is 3.77. The van der Waals surface area contributed by atoms with Crippen molar-refractivity contribution in [1.29, 1.82) is 0 Å². The fourth-order valence-corrected chi connectivity index (χ4v) is 2.86. The molecule has 1 amide bonds. The van der Waals surface area contributed by atoms with Crippen molar-refractivity contribution in [2.24, 2.45) is 0 Å². The van der Waals surface area contributed by atoms with Crippen LogP contribution in [0.3, 0.4) is 0 Å². The van der Waals surface area contributed by atoms with Crippen LogP contribution in [0.2, 0.25) is 0 Å². The van der Waals surface area contributed by atoms with Crippen LogP contribution >= 0.6 is 0 Å². The van der Waals surface area contributed by atoms with Gasteiger partial charge in [0.1, 0.15) is 0 Å². The number of anilines is 1. The lowest BCUT2D eigenvalue weighted by molar-refractivity contribution is 0.209. The number of hydrogen-bond acceptors (Lipinski definition) is 3. The molecule has 2 N–H and O–H groups in total. The lowest BCUT2D eigenvalue weighted by Gasteiger charge is -2.05. The maximum Gasteiger partial charge on any atom is 0.409 e. The van der Waals surface area contributed by atoms with Gasteiger partial charge in [-0.1, -0.05) is 18.2 Å². The minimum Gasteiger partial charge on any atom is -0.465 e. The molecule has 0 fully saturated rings. The summed E-state index contributed by atoms with van der Waals surface area (Å²) in [7, 11) is -3.56. The van der Waals surface area contributed by atoms with E-state index in [0.29, 0.717) is 5.69 Å². The number of sulfone groups is 1. The lowest BCUT2D eigenvalue weighted by Crippen LogP contribution is -2.07. The quantitative estimate of drug-likeness (QED) is 0.903. The number of hydrogen-bond donors (Lipinski definition) is 2. The van der Waals surface area contributed by atoms with E-state index in [2.05, 4.69) is 5.32 Å². The number of benzene rings is 2. The Morgan fingerprint density at radius 3 is 1.95 bits per heavy atom. The van der Waals surface area contributed by atoms with E-state index < -0.39 is 15.9 Å². The molecule has 0 radical (unpaired) electrons. The molecular formula is C13H11NO4S. The minimum absolute atomic E-state index is 0.120. The molecule has 0 unspecified atom stereocenters. The summed E-state index contributed by atoms with van der Waals surface area (Å²) in [6.45, 7) is 0. The van der Waals surface area contributed by atoms with E-state index in [-0.39, 0.29) is 9.79 Å². The first kappa shape index (κ1) is 13.1. The lowest BCUT2D eigenvalue weighted by atomic mass is 10.3. The van der Waals surface area contributed by atoms with E-state index in [1.54, 1.807) is 18.2 Å². The molecule has 2 aromatic rings. The SMILES string of the molecule is O=C(O)Nc1ccc(S(=O)(=O)c2ccccc2)cc1. The molecule has 0 aliphatic heterocycles. The molecule has 2 rings (SSSR count). The van der Waals surface area contributed by atoms with Crippen LogP contribution in [-0.2, 0) is 9.84 Å². The van der Waals surface area contributed by atoms with Gasteiger partial charge in [-0.15, -0.1) is 0 Å². The molecular weight excluding hydrogens is 266 g/mol. The largest absolute Gasteiger partial charge is 0.465 e. The van der Waals surface area contributed by atoms with Gasteiger partial charge >= 0.3 is 6.09 Å². The molecule has 0 aromatic heterocycles. The van der Waals surface area contributed by atoms with Gasteiger partial charge < -0.3 is 5.11 Å². The van der Waals surface area contributed by atoms with E-state index in [0.717, 1.165) is 0 Å². The third kappa shape index (κ3) is 2.92. The highest BCUT2D eigenvalue weighted by atomic mass is 32.2. The standard InChI is InChI=1S/C13H11NO4S/c15-13(16)14-10-6-8-12(9-7-10)19(17,18)11-4-2-1-3-5-11/h1-9,14H,(H,15,16). The van der Waals surface area contributed by atoms with Gasteiger partial charge in [0.2, 0.25) is 9.84 Å². The molecule has 6 heteroatoms. The molecule has 5 nitrogen and oxygen atoms in total. The molecule has 2 aromatic carbocycles. The van der Waals surface area contributed by atoms with Crippen molar-refractivity contribution < 1.29 is 18.3 Å². The summed E-state index contributed by atoms with van der Waals surface area (Å²) in [6, 6.07) is 13.6. The Morgan fingerprint density at radius 1 is 0.895 bits per heavy atom. The predicted molar refractivity (Wildman–Crippen MR) is 70.0 cm³/mol. The summed E-state index contributed by atoms with van der Waals surface area (Å²) >= 11 is 0. The highest BCUT2D eigenvalue weighted by Gasteiger charge is 2.16. The smallest absolute Gasteiger partial charge is 0.409 e. The van der Waals surface area contributed by atoms with Crippen molar-refractivity contribution in [2.75, 3.05) is 5.32 Å². The number of carbonyl (C=O) groups is 1. The van der Waals surface area contributed by atoms with Crippen molar-refractivity contribution >= 4 is 21.6 Å². The summed E-state index contributed by atoms with van der Waals surface area (Å²) in [6.07, 6.45) is -1.20. The Labute approximate surface area is 110 Å². The second-order valence-corrected chi connectivity index (χ2v) is 5.72. The topological polar surface area (TPSA) is 83.5 Å². The molecule has 0 spiro atoms. The molecule has 0 atom stereocenters. The van der Waals surface area contributed by atoms with Crippen LogP contribution < -0.4 is 5.32 Å². The minimum atomic E-state index is -3.56. The monoisotopic (exact) mass is 277 g/mol. The van der Waals surface area contributed by atoms with Crippen LogP contribution in [0.15, 0.2) is 64.4 Å². The highest BCUT2D eigenvalue weighted by Crippen LogP contribution is 2.21. The van der Waals surface area contributed by atoms with Crippen molar-refractivity contribution in [3.05, 3.63) is 54.6 Å². The molecule has 98 valence electrons. The maximum absolute atomic E-state index is 12.2. The zero-order valence-electron chi connectivity index (χ0n) is 9.78. The Balaban J connectivity index is 2.35. The Bertz CT molecular complexity index is 678. The van der Waals surface area contributed by atoms with E-state index in [1.807, 2.05) is 0 Å². The molecule has 0 aliphatic rings.